The lowest BCUT2D eigenvalue weighted by atomic mass is 9.96. The quantitative estimate of drug-likeness (QED) is 0.822. The molecule has 1 aliphatic heterocycles. The van der Waals surface area contributed by atoms with Gasteiger partial charge in [-0.1, -0.05) is 12.1 Å². The van der Waals surface area contributed by atoms with Crippen molar-refractivity contribution in [2.24, 2.45) is 5.92 Å². The first-order valence-corrected chi connectivity index (χ1v) is 9.58. The van der Waals surface area contributed by atoms with Gasteiger partial charge in [-0.2, -0.15) is 4.31 Å². The molecule has 0 aliphatic carbocycles. The van der Waals surface area contributed by atoms with Gasteiger partial charge in [0.15, 0.2) is 11.7 Å². The zero-order valence-corrected chi connectivity index (χ0v) is 15.2. The Morgan fingerprint density at radius 1 is 1.35 bits per heavy atom. The molecule has 26 heavy (non-hydrogen) atoms. The molecule has 1 fully saturated rings. The number of benzene rings is 1. The second kappa shape index (κ2) is 6.82. The number of nitrogens with zero attached hydrogens (tertiary/aromatic N) is 2. The number of carboxylic acids is 1. The molecule has 0 amide bonds. The van der Waals surface area contributed by atoms with Crippen LogP contribution in [0.5, 0.6) is 0 Å². The number of aliphatic hydroxyl groups excluding tert-OH is 1. The van der Waals surface area contributed by atoms with Crippen LogP contribution in [0.3, 0.4) is 0 Å². The molecule has 1 saturated heterocycles. The molecule has 0 spiro atoms. The van der Waals surface area contributed by atoms with Crippen molar-refractivity contribution in [3.05, 3.63) is 35.9 Å². The minimum atomic E-state index is -3.91. The van der Waals surface area contributed by atoms with Gasteiger partial charge in [-0.3, -0.25) is 4.79 Å². The Morgan fingerprint density at radius 3 is 2.69 bits per heavy atom. The van der Waals surface area contributed by atoms with Crippen LogP contribution in [0.4, 0.5) is 0 Å². The smallest absolute Gasteiger partial charge is 0.310 e. The fourth-order valence-corrected chi connectivity index (χ4v) is 4.77. The van der Waals surface area contributed by atoms with Gasteiger partial charge in [-0.15, -0.1) is 0 Å². The van der Waals surface area contributed by atoms with E-state index in [9.17, 15) is 23.4 Å². The molecule has 0 bridgehead atoms. The molecule has 3 rings (SSSR count). The van der Waals surface area contributed by atoms with Crippen molar-refractivity contribution < 1.29 is 27.8 Å². The third-order valence-corrected chi connectivity index (χ3v) is 6.58. The van der Waals surface area contributed by atoms with Gasteiger partial charge in [0, 0.05) is 25.6 Å². The number of piperidine rings is 1. The van der Waals surface area contributed by atoms with Gasteiger partial charge in [0.25, 0.3) is 0 Å². The molecule has 140 valence electrons. The maximum atomic E-state index is 13.1. The molecule has 0 saturated carbocycles. The van der Waals surface area contributed by atoms with Crippen molar-refractivity contribution in [2.45, 2.75) is 31.3 Å². The van der Waals surface area contributed by atoms with E-state index >= 15 is 0 Å². The lowest BCUT2D eigenvalue weighted by Crippen LogP contribution is -2.48. The average Bonchev–Trinajstić information content (AvgIpc) is 3.01. The zero-order valence-electron chi connectivity index (χ0n) is 14.4. The van der Waals surface area contributed by atoms with Crippen LogP contribution in [0.15, 0.2) is 33.7 Å². The van der Waals surface area contributed by atoms with Crippen LogP contribution in [0.25, 0.3) is 11.3 Å². The molecule has 0 radical (unpaired) electrons. The van der Waals surface area contributed by atoms with Crippen molar-refractivity contribution in [1.29, 1.82) is 0 Å². The number of rotatable bonds is 4. The van der Waals surface area contributed by atoms with Crippen LogP contribution in [0, 0.1) is 19.8 Å². The highest BCUT2D eigenvalue weighted by atomic mass is 32.2. The highest BCUT2D eigenvalue weighted by molar-refractivity contribution is 7.89. The number of hydrogen-bond acceptors (Lipinski definition) is 6. The van der Waals surface area contributed by atoms with Crippen molar-refractivity contribution in [3.8, 4) is 11.3 Å². The molecule has 8 nitrogen and oxygen atoms in total. The van der Waals surface area contributed by atoms with Crippen LogP contribution in [-0.2, 0) is 14.8 Å². The van der Waals surface area contributed by atoms with E-state index in [0.29, 0.717) is 22.8 Å². The first-order chi connectivity index (χ1) is 12.2. The van der Waals surface area contributed by atoms with Gasteiger partial charge >= 0.3 is 5.97 Å². The van der Waals surface area contributed by atoms with E-state index in [1.807, 2.05) is 0 Å². The monoisotopic (exact) mass is 380 g/mol. The predicted octanol–water partition coefficient (Wildman–Crippen LogP) is 1.41. The number of oxazole rings is 1. The molecule has 1 aromatic heterocycles. The molecule has 1 aliphatic rings. The Morgan fingerprint density at radius 2 is 2.08 bits per heavy atom. The van der Waals surface area contributed by atoms with Crippen LogP contribution in [0.1, 0.15) is 17.9 Å². The predicted molar refractivity (Wildman–Crippen MR) is 91.9 cm³/mol. The second-order valence-corrected chi connectivity index (χ2v) is 8.29. The Bertz CT molecular complexity index is 936. The number of carbonyl (C=O) groups is 1. The van der Waals surface area contributed by atoms with Crippen molar-refractivity contribution >= 4 is 16.0 Å². The van der Waals surface area contributed by atoms with Crippen LogP contribution in [-0.4, -0.2) is 53.1 Å². The first-order valence-electron chi connectivity index (χ1n) is 8.14. The number of aromatic nitrogens is 1. The molecular weight excluding hydrogens is 360 g/mol. The molecule has 2 N–H and O–H groups in total. The molecule has 0 unspecified atom stereocenters. The fraction of sp³-hybridized carbons (Fsp3) is 0.412. The van der Waals surface area contributed by atoms with E-state index in [-0.39, 0.29) is 24.4 Å². The summed E-state index contributed by atoms with van der Waals surface area (Å²) in [6.45, 7) is 3.18. The summed E-state index contributed by atoms with van der Waals surface area (Å²) >= 11 is 0. The van der Waals surface area contributed by atoms with Crippen LogP contribution < -0.4 is 0 Å². The third kappa shape index (κ3) is 3.37. The number of aliphatic carboxylic acids is 1. The minimum absolute atomic E-state index is 0.0678. The zero-order chi connectivity index (χ0) is 19.1. The van der Waals surface area contributed by atoms with Crippen molar-refractivity contribution in [1.82, 2.24) is 9.29 Å². The van der Waals surface area contributed by atoms with Crippen molar-refractivity contribution in [3.63, 3.8) is 0 Å². The van der Waals surface area contributed by atoms with E-state index < -0.39 is 28.0 Å². The van der Waals surface area contributed by atoms with E-state index in [1.165, 1.54) is 12.3 Å². The molecule has 1 aromatic carbocycles. The van der Waals surface area contributed by atoms with Crippen LogP contribution >= 0.6 is 0 Å². The summed E-state index contributed by atoms with van der Waals surface area (Å²) in [4.78, 5) is 15.4. The maximum absolute atomic E-state index is 13.1. The second-order valence-electron chi connectivity index (χ2n) is 6.39. The summed E-state index contributed by atoms with van der Waals surface area (Å²) in [7, 11) is -3.91. The van der Waals surface area contributed by atoms with Gasteiger partial charge in [0.2, 0.25) is 10.0 Å². The number of hydrogen-bond donors (Lipinski definition) is 2. The number of sulfonamides is 1. The first kappa shape index (κ1) is 18.6. The fourth-order valence-electron chi connectivity index (χ4n) is 3.04. The average molecular weight is 380 g/mol. The summed E-state index contributed by atoms with van der Waals surface area (Å²) < 4.78 is 32.7. The molecule has 9 heteroatoms. The summed E-state index contributed by atoms with van der Waals surface area (Å²) in [6, 6.07) is 4.92. The Kier molecular flexibility index (Phi) is 4.87. The van der Waals surface area contributed by atoms with E-state index in [4.69, 9.17) is 4.42 Å². The highest BCUT2D eigenvalue weighted by Crippen LogP contribution is 2.30. The molecule has 2 heterocycles. The van der Waals surface area contributed by atoms with Gasteiger partial charge in [0.1, 0.15) is 0 Å². The van der Waals surface area contributed by atoms with Crippen LogP contribution in [0.2, 0.25) is 0 Å². The summed E-state index contributed by atoms with van der Waals surface area (Å²) in [5.41, 5.74) is 1.12. The van der Waals surface area contributed by atoms with Crippen molar-refractivity contribution in [2.75, 3.05) is 13.1 Å². The third-order valence-electron chi connectivity index (χ3n) is 4.57. The summed E-state index contributed by atoms with van der Waals surface area (Å²) in [5, 5.41) is 19.0. The normalized spacial score (nSPS) is 21.7. The topological polar surface area (TPSA) is 121 Å². The van der Waals surface area contributed by atoms with Gasteiger partial charge in [0.05, 0.1) is 23.1 Å². The number of aryl methyl sites for hydroxylation is 2. The largest absolute Gasteiger partial charge is 0.481 e. The SMILES string of the molecule is Cc1ncc(-c2ccc(C)c(S(=O)(=O)N3CC[C@H](O)[C@@H](C(=O)O)C3)c2)o1. The lowest BCUT2D eigenvalue weighted by molar-refractivity contribution is -0.147. The standard InChI is InChI=1S/C17H20N2O6S/c1-10-3-4-12(15-8-18-11(2)25-15)7-16(10)26(23,24)19-6-5-14(20)13(9-19)17(21)22/h3-4,7-8,13-14,20H,5-6,9H2,1-2H3,(H,21,22)/t13-,14-/m0/s1. The minimum Gasteiger partial charge on any atom is -0.481 e. The summed E-state index contributed by atoms with van der Waals surface area (Å²) in [6.07, 6.45) is 0.549. The Hall–Kier alpha value is -2.23. The van der Waals surface area contributed by atoms with E-state index in [2.05, 4.69) is 4.98 Å². The Balaban J connectivity index is 1.98. The van der Waals surface area contributed by atoms with Gasteiger partial charge in [-0.25, -0.2) is 13.4 Å². The van der Waals surface area contributed by atoms with E-state index in [0.717, 1.165) is 4.31 Å². The molecule has 2 atom stereocenters. The van der Waals surface area contributed by atoms with E-state index in [1.54, 1.807) is 26.0 Å². The van der Waals surface area contributed by atoms with Gasteiger partial charge in [-0.05, 0) is 25.0 Å². The summed E-state index contributed by atoms with van der Waals surface area (Å²) in [5.74, 6) is -1.42. The lowest BCUT2D eigenvalue weighted by Gasteiger charge is -2.33. The maximum Gasteiger partial charge on any atom is 0.310 e. The number of aliphatic hydroxyl groups is 1. The molecule has 2 aromatic rings. The molecular formula is C17H20N2O6S. The number of carboxylic acid groups (broad SMARTS) is 1. The Labute approximate surface area is 151 Å². The highest BCUT2D eigenvalue weighted by Gasteiger charge is 2.39. The van der Waals surface area contributed by atoms with Gasteiger partial charge < -0.3 is 14.6 Å².